The van der Waals surface area contributed by atoms with Gasteiger partial charge in [0.15, 0.2) is 18.7 Å². The Balaban J connectivity index is 0.00000196. The molecule has 5 heteroatoms. The van der Waals surface area contributed by atoms with Crippen molar-refractivity contribution in [3.63, 3.8) is 0 Å². The predicted molar refractivity (Wildman–Crippen MR) is 97.1 cm³/mol. The Kier molecular flexibility index (Phi) is 5.28. The highest BCUT2D eigenvalue weighted by Crippen LogP contribution is 2.21. The summed E-state index contributed by atoms with van der Waals surface area (Å²) in [6.45, 7) is 1.97. The zero-order valence-corrected chi connectivity index (χ0v) is 15.8. The summed E-state index contributed by atoms with van der Waals surface area (Å²) in [5.41, 5.74) is 3.82. The van der Waals surface area contributed by atoms with Crippen LogP contribution in [0.15, 0.2) is 73.1 Å². The van der Waals surface area contributed by atoms with Gasteiger partial charge >= 0.3 is 0 Å². The molecule has 0 radical (unpaired) electrons. The zero-order valence-electron chi connectivity index (χ0n) is 14.3. The van der Waals surface area contributed by atoms with E-state index in [1.807, 2.05) is 60.3 Å². The number of aldehydes is 1. The number of benzene rings is 2. The van der Waals surface area contributed by atoms with Gasteiger partial charge in [0.2, 0.25) is 6.04 Å². The lowest BCUT2D eigenvalue weighted by atomic mass is 10.0. The molecule has 26 heavy (non-hydrogen) atoms. The largest absolute Gasteiger partial charge is 1.00 e. The Morgan fingerprint density at radius 3 is 2.58 bits per heavy atom. The van der Waals surface area contributed by atoms with Gasteiger partial charge in [0.05, 0.1) is 11.3 Å². The number of nitrogens with one attached hydrogen (secondary N) is 1. The maximum absolute atomic E-state index is 11.9. The summed E-state index contributed by atoms with van der Waals surface area (Å²) in [5.74, 6) is 0. The molecule has 0 bridgehead atoms. The summed E-state index contributed by atoms with van der Waals surface area (Å²) >= 11 is 0. The molecule has 1 N–H and O–H groups in total. The normalized spacial score (nSPS) is 11.7. The van der Waals surface area contributed by atoms with Crippen molar-refractivity contribution < 1.29 is 26.3 Å². The third kappa shape index (κ3) is 3.44. The van der Waals surface area contributed by atoms with E-state index in [1.54, 1.807) is 0 Å². The van der Waals surface area contributed by atoms with Gasteiger partial charge in [-0.25, -0.2) is 0 Å². The molecule has 0 amide bonds. The first-order valence-corrected chi connectivity index (χ1v) is 8.22. The van der Waals surface area contributed by atoms with Crippen molar-refractivity contribution in [3.05, 3.63) is 84.3 Å². The fraction of sp³-hybridized carbons (Fsp3) is 0.0952. The molecule has 0 spiro atoms. The SMILES string of the molecule is Cc1cc(-c2ccc[n+](C(C=O)c3ccc4ccccc4c3)c2)n[nH]1.[Br-]. The highest BCUT2D eigenvalue weighted by Gasteiger charge is 2.21. The molecule has 0 saturated carbocycles. The smallest absolute Gasteiger partial charge is 0.238 e. The molecule has 130 valence electrons. The zero-order chi connectivity index (χ0) is 17.2. The number of carbonyl (C=O) groups is 1. The molecule has 4 rings (SSSR count). The molecule has 4 aromatic rings. The maximum atomic E-state index is 11.9. The van der Waals surface area contributed by atoms with Crippen molar-refractivity contribution >= 4 is 17.1 Å². The second-order valence-corrected chi connectivity index (χ2v) is 6.16. The number of aromatic nitrogens is 3. The van der Waals surface area contributed by atoms with Crippen molar-refractivity contribution in [3.8, 4) is 11.3 Å². The lowest BCUT2D eigenvalue weighted by molar-refractivity contribution is -0.698. The van der Waals surface area contributed by atoms with Gasteiger partial charge in [-0.05, 0) is 35.9 Å². The van der Waals surface area contributed by atoms with E-state index in [9.17, 15) is 4.79 Å². The third-order valence-electron chi connectivity index (χ3n) is 4.39. The van der Waals surface area contributed by atoms with Crippen molar-refractivity contribution in [2.24, 2.45) is 0 Å². The minimum absolute atomic E-state index is 0. The number of hydrogen-bond donors (Lipinski definition) is 1. The standard InChI is InChI=1S/C21H18N3O.BrH/c1-15-11-20(23-22-15)19-7-4-10-24(13-19)21(14-25)18-9-8-16-5-2-3-6-17(16)12-18;/h2-14,21H,1H3,(H,22,23);1H/q+1;/p-1. The van der Waals surface area contributed by atoms with E-state index in [2.05, 4.69) is 34.5 Å². The van der Waals surface area contributed by atoms with E-state index >= 15 is 0 Å². The van der Waals surface area contributed by atoms with Crippen LogP contribution in [0.4, 0.5) is 0 Å². The molecule has 0 aliphatic carbocycles. The molecular formula is C21H18BrN3O. The first-order valence-electron chi connectivity index (χ1n) is 8.22. The van der Waals surface area contributed by atoms with Gasteiger partial charge in [-0.3, -0.25) is 9.89 Å². The number of halogens is 1. The third-order valence-corrected chi connectivity index (χ3v) is 4.39. The van der Waals surface area contributed by atoms with E-state index in [0.29, 0.717) is 0 Å². The lowest BCUT2D eigenvalue weighted by Crippen LogP contribution is -3.00. The van der Waals surface area contributed by atoms with Crippen LogP contribution in [0.5, 0.6) is 0 Å². The van der Waals surface area contributed by atoms with Crippen LogP contribution in [-0.4, -0.2) is 16.5 Å². The van der Waals surface area contributed by atoms with E-state index < -0.39 is 0 Å². The number of pyridine rings is 1. The van der Waals surface area contributed by atoms with E-state index in [0.717, 1.165) is 34.2 Å². The summed E-state index contributed by atoms with van der Waals surface area (Å²) in [6, 6.07) is 19.9. The molecule has 2 heterocycles. The Bertz CT molecular complexity index is 1060. The van der Waals surface area contributed by atoms with Gasteiger partial charge in [-0.2, -0.15) is 9.67 Å². The fourth-order valence-electron chi connectivity index (χ4n) is 3.10. The number of nitrogens with zero attached hydrogens (tertiary/aromatic N) is 2. The maximum Gasteiger partial charge on any atom is 0.238 e. The van der Waals surface area contributed by atoms with Crippen LogP contribution in [0.25, 0.3) is 22.0 Å². The van der Waals surface area contributed by atoms with Gasteiger partial charge in [0.25, 0.3) is 0 Å². The van der Waals surface area contributed by atoms with Crippen LogP contribution < -0.4 is 21.5 Å². The van der Waals surface area contributed by atoms with Gasteiger partial charge < -0.3 is 17.0 Å². The molecule has 2 aromatic heterocycles. The van der Waals surface area contributed by atoms with Crippen molar-refractivity contribution in [1.82, 2.24) is 10.2 Å². The predicted octanol–water partition coefficient (Wildman–Crippen LogP) is 0.618. The molecule has 0 aliphatic rings. The van der Waals surface area contributed by atoms with E-state index in [1.165, 1.54) is 5.39 Å². The Morgan fingerprint density at radius 1 is 1.04 bits per heavy atom. The average Bonchev–Trinajstić information content (AvgIpc) is 3.09. The highest BCUT2D eigenvalue weighted by atomic mass is 79.9. The summed E-state index contributed by atoms with van der Waals surface area (Å²) in [7, 11) is 0. The Morgan fingerprint density at radius 2 is 1.85 bits per heavy atom. The number of aryl methyl sites for hydroxylation is 1. The molecule has 1 unspecified atom stereocenters. The van der Waals surface area contributed by atoms with Crippen LogP contribution in [-0.2, 0) is 4.79 Å². The van der Waals surface area contributed by atoms with E-state index in [-0.39, 0.29) is 23.0 Å². The summed E-state index contributed by atoms with van der Waals surface area (Å²) in [6.07, 6.45) is 4.85. The molecule has 0 fully saturated rings. The fourth-order valence-corrected chi connectivity index (χ4v) is 3.10. The summed E-state index contributed by atoms with van der Waals surface area (Å²) < 4.78 is 1.93. The van der Waals surface area contributed by atoms with Crippen LogP contribution in [0.1, 0.15) is 17.3 Å². The highest BCUT2D eigenvalue weighted by molar-refractivity contribution is 5.83. The van der Waals surface area contributed by atoms with Gasteiger partial charge in [0, 0.05) is 17.3 Å². The van der Waals surface area contributed by atoms with Crippen LogP contribution >= 0.6 is 0 Å². The Labute approximate surface area is 162 Å². The number of fused-ring (bicyclic) bond motifs is 1. The number of aromatic amines is 1. The first-order chi connectivity index (χ1) is 12.2. The van der Waals surface area contributed by atoms with E-state index in [4.69, 9.17) is 0 Å². The second kappa shape index (κ2) is 7.62. The summed E-state index contributed by atoms with van der Waals surface area (Å²) in [4.78, 5) is 11.9. The molecule has 4 nitrogen and oxygen atoms in total. The first kappa shape index (κ1) is 18.0. The Hall–Kier alpha value is -2.79. The average molecular weight is 408 g/mol. The lowest BCUT2D eigenvalue weighted by Gasteiger charge is -2.08. The quantitative estimate of drug-likeness (QED) is 0.398. The van der Waals surface area contributed by atoms with Gasteiger partial charge in [-0.1, -0.05) is 36.4 Å². The molecule has 1 atom stereocenters. The number of rotatable bonds is 4. The van der Waals surface area contributed by atoms with Crippen LogP contribution in [0.2, 0.25) is 0 Å². The topological polar surface area (TPSA) is 49.6 Å². The van der Waals surface area contributed by atoms with Crippen LogP contribution in [0, 0.1) is 6.92 Å². The second-order valence-electron chi connectivity index (χ2n) is 6.16. The molecule has 2 aromatic carbocycles. The van der Waals surface area contributed by atoms with Crippen LogP contribution in [0.3, 0.4) is 0 Å². The number of H-pyrrole nitrogens is 1. The van der Waals surface area contributed by atoms with Crippen molar-refractivity contribution in [2.45, 2.75) is 13.0 Å². The monoisotopic (exact) mass is 407 g/mol. The van der Waals surface area contributed by atoms with Crippen molar-refractivity contribution in [1.29, 1.82) is 0 Å². The molecular weight excluding hydrogens is 390 g/mol. The number of carbonyl (C=O) groups excluding carboxylic acids is 1. The van der Waals surface area contributed by atoms with Gasteiger partial charge in [-0.15, -0.1) is 0 Å². The minimum Gasteiger partial charge on any atom is -1.00 e. The minimum atomic E-state index is -0.371. The molecule has 0 saturated heterocycles. The number of hydrogen-bond acceptors (Lipinski definition) is 2. The molecule has 0 aliphatic heterocycles. The van der Waals surface area contributed by atoms with Gasteiger partial charge in [0.1, 0.15) is 0 Å². The van der Waals surface area contributed by atoms with Crippen molar-refractivity contribution in [2.75, 3.05) is 0 Å². The summed E-state index contributed by atoms with van der Waals surface area (Å²) in [5, 5.41) is 9.55.